The number of rotatable bonds is 2. The highest BCUT2D eigenvalue weighted by Gasteiger charge is 2.13. The van der Waals surface area contributed by atoms with Crippen LogP contribution < -0.4 is 10.6 Å². The number of hydrogen-bond donors (Lipinski definition) is 2. The summed E-state index contributed by atoms with van der Waals surface area (Å²) in [5.74, 6) is -0.231. The van der Waals surface area contributed by atoms with Gasteiger partial charge in [0, 0.05) is 15.7 Å². The second kappa shape index (κ2) is 7.33. The minimum Gasteiger partial charge on any atom is -0.332 e. The highest BCUT2D eigenvalue weighted by molar-refractivity contribution is 9.10. The standard InChI is InChI=1S/C20H17BrN2OS/c1-12-9-10-18(13(2)11-12)22-20(25)23-19(24)16-7-3-6-15-14(16)5-4-8-17(15)21/h3-11H,1-2H3,(H2,22,23,24,25). The Labute approximate surface area is 160 Å². The Balaban J connectivity index is 1.80. The molecule has 1 amide bonds. The van der Waals surface area contributed by atoms with E-state index >= 15 is 0 Å². The van der Waals surface area contributed by atoms with Crippen molar-refractivity contribution in [3.8, 4) is 0 Å². The van der Waals surface area contributed by atoms with Crippen molar-refractivity contribution in [1.29, 1.82) is 0 Å². The van der Waals surface area contributed by atoms with Crippen LogP contribution in [0.2, 0.25) is 0 Å². The fourth-order valence-corrected chi connectivity index (χ4v) is 3.45. The maximum Gasteiger partial charge on any atom is 0.258 e. The van der Waals surface area contributed by atoms with E-state index in [1.165, 1.54) is 5.56 Å². The first kappa shape index (κ1) is 17.6. The van der Waals surface area contributed by atoms with Crippen molar-refractivity contribution < 1.29 is 4.79 Å². The molecule has 0 saturated carbocycles. The largest absolute Gasteiger partial charge is 0.332 e. The van der Waals surface area contributed by atoms with E-state index in [0.717, 1.165) is 26.5 Å². The van der Waals surface area contributed by atoms with E-state index in [1.807, 2.05) is 56.3 Å². The van der Waals surface area contributed by atoms with Crippen LogP contribution in [-0.2, 0) is 0 Å². The third kappa shape index (κ3) is 3.89. The number of anilines is 1. The van der Waals surface area contributed by atoms with Crippen LogP contribution in [0.15, 0.2) is 59.1 Å². The van der Waals surface area contributed by atoms with Crippen LogP contribution >= 0.6 is 28.1 Å². The van der Waals surface area contributed by atoms with Crippen molar-refractivity contribution in [3.63, 3.8) is 0 Å². The van der Waals surface area contributed by atoms with Crippen LogP contribution in [0.3, 0.4) is 0 Å². The molecule has 0 atom stereocenters. The smallest absolute Gasteiger partial charge is 0.258 e. The van der Waals surface area contributed by atoms with Crippen LogP contribution in [0.25, 0.3) is 10.8 Å². The summed E-state index contributed by atoms with van der Waals surface area (Å²) >= 11 is 8.82. The molecule has 3 aromatic rings. The molecule has 0 fully saturated rings. The van der Waals surface area contributed by atoms with Gasteiger partial charge in [0.2, 0.25) is 0 Å². The number of thiocarbonyl (C=S) groups is 1. The molecule has 0 aliphatic carbocycles. The zero-order valence-electron chi connectivity index (χ0n) is 13.9. The number of fused-ring (bicyclic) bond motifs is 1. The summed E-state index contributed by atoms with van der Waals surface area (Å²) in [6, 6.07) is 17.4. The molecule has 0 heterocycles. The summed E-state index contributed by atoms with van der Waals surface area (Å²) in [6.45, 7) is 4.04. The average molecular weight is 413 g/mol. The molecular weight excluding hydrogens is 396 g/mol. The molecule has 0 bridgehead atoms. The number of benzene rings is 3. The molecule has 2 N–H and O–H groups in total. The lowest BCUT2D eigenvalue weighted by molar-refractivity contribution is 0.0979. The van der Waals surface area contributed by atoms with Crippen molar-refractivity contribution in [2.45, 2.75) is 13.8 Å². The Hall–Kier alpha value is -2.24. The summed E-state index contributed by atoms with van der Waals surface area (Å²) in [7, 11) is 0. The lowest BCUT2D eigenvalue weighted by atomic mass is 10.0. The summed E-state index contributed by atoms with van der Waals surface area (Å²) in [5.41, 5.74) is 3.73. The summed E-state index contributed by atoms with van der Waals surface area (Å²) in [5, 5.41) is 8.00. The van der Waals surface area contributed by atoms with Gasteiger partial charge in [0.15, 0.2) is 5.11 Å². The van der Waals surface area contributed by atoms with Crippen molar-refractivity contribution in [2.24, 2.45) is 0 Å². The van der Waals surface area contributed by atoms with E-state index in [4.69, 9.17) is 12.2 Å². The van der Waals surface area contributed by atoms with E-state index in [9.17, 15) is 4.79 Å². The zero-order valence-corrected chi connectivity index (χ0v) is 16.3. The Kier molecular flexibility index (Phi) is 5.16. The highest BCUT2D eigenvalue weighted by atomic mass is 79.9. The van der Waals surface area contributed by atoms with Gasteiger partial charge in [-0.3, -0.25) is 10.1 Å². The van der Waals surface area contributed by atoms with E-state index < -0.39 is 0 Å². The molecular formula is C20H17BrN2OS. The lowest BCUT2D eigenvalue weighted by Crippen LogP contribution is -2.34. The summed E-state index contributed by atoms with van der Waals surface area (Å²) in [4.78, 5) is 12.7. The first-order chi connectivity index (χ1) is 12.0. The Morgan fingerprint density at radius 3 is 2.48 bits per heavy atom. The number of hydrogen-bond acceptors (Lipinski definition) is 2. The number of amides is 1. The van der Waals surface area contributed by atoms with Gasteiger partial charge < -0.3 is 5.32 Å². The summed E-state index contributed by atoms with van der Waals surface area (Å²) in [6.07, 6.45) is 0. The maximum atomic E-state index is 12.7. The molecule has 3 rings (SSSR count). The van der Waals surface area contributed by atoms with Gasteiger partial charge in [-0.05, 0) is 60.6 Å². The van der Waals surface area contributed by atoms with Gasteiger partial charge in [-0.2, -0.15) is 0 Å². The third-order valence-corrected chi connectivity index (χ3v) is 4.87. The predicted molar refractivity (Wildman–Crippen MR) is 111 cm³/mol. The van der Waals surface area contributed by atoms with Gasteiger partial charge in [0.25, 0.3) is 5.91 Å². The molecule has 0 spiro atoms. The monoisotopic (exact) mass is 412 g/mol. The van der Waals surface area contributed by atoms with Gasteiger partial charge >= 0.3 is 0 Å². The number of carbonyl (C=O) groups excluding carboxylic acids is 1. The van der Waals surface area contributed by atoms with Crippen LogP contribution in [-0.4, -0.2) is 11.0 Å². The van der Waals surface area contributed by atoms with Gasteiger partial charge in [0.05, 0.1) is 0 Å². The highest BCUT2D eigenvalue weighted by Crippen LogP contribution is 2.26. The van der Waals surface area contributed by atoms with Gasteiger partial charge in [-0.25, -0.2) is 0 Å². The molecule has 0 aliphatic rings. The predicted octanol–water partition coefficient (Wildman–Crippen LogP) is 5.35. The number of aryl methyl sites for hydroxylation is 2. The maximum absolute atomic E-state index is 12.7. The third-order valence-electron chi connectivity index (χ3n) is 3.97. The first-order valence-electron chi connectivity index (χ1n) is 7.82. The SMILES string of the molecule is Cc1ccc(NC(=S)NC(=O)c2cccc3c(Br)cccc23)c(C)c1. The van der Waals surface area contributed by atoms with Crippen LogP contribution in [0.4, 0.5) is 5.69 Å². The molecule has 5 heteroatoms. The van der Waals surface area contributed by atoms with Gasteiger partial charge in [0.1, 0.15) is 0 Å². The quantitative estimate of drug-likeness (QED) is 0.557. The lowest BCUT2D eigenvalue weighted by Gasteiger charge is -2.13. The van der Waals surface area contributed by atoms with E-state index in [0.29, 0.717) is 5.56 Å². The van der Waals surface area contributed by atoms with Crippen LogP contribution in [0.5, 0.6) is 0 Å². The first-order valence-corrected chi connectivity index (χ1v) is 9.02. The zero-order chi connectivity index (χ0) is 18.0. The molecule has 0 unspecified atom stereocenters. The van der Waals surface area contributed by atoms with Crippen LogP contribution in [0.1, 0.15) is 21.5 Å². The Morgan fingerprint density at radius 1 is 1.00 bits per heavy atom. The van der Waals surface area contributed by atoms with E-state index in [-0.39, 0.29) is 11.0 Å². The number of nitrogens with one attached hydrogen (secondary N) is 2. The van der Waals surface area contributed by atoms with Crippen molar-refractivity contribution in [3.05, 3.63) is 75.8 Å². The summed E-state index contributed by atoms with van der Waals surface area (Å²) < 4.78 is 0.954. The normalized spacial score (nSPS) is 10.5. The molecule has 0 aliphatic heterocycles. The second-order valence-corrected chi connectivity index (χ2v) is 7.13. The minimum atomic E-state index is -0.231. The van der Waals surface area contributed by atoms with Crippen molar-refractivity contribution in [1.82, 2.24) is 5.32 Å². The van der Waals surface area contributed by atoms with Crippen LogP contribution in [0, 0.1) is 13.8 Å². The van der Waals surface area contributed by atoms with Gasteiger partial charge in [-0.1, -0.05) is 57.9 Å². The van der Waals surface area contributed by atoms with Crippen molar-refractivity contribution >= 4 is 55.6 Å². The Morgan fingerprint density at radius 2 is 1.72 bits per heavy atom. The molecule has 0 saturated heterocycles. The second-order valence-electron chi connectivity index (χ2n) is 5.87. The fourth-order valence-electron chi connectivity index (χ4n) is 2.75. The van der Waals surface area contributed by atoms with E-state index in [1.54, 1.807) is 6.07 Å². The molecule has 3 aromatic carbocycles. The Bertz CT molecular complexity index is 985. The molecule has 0 aromatic heterocycles. The molecule has 0 radical (unpaired) electrons. The molecule has 3 nitrogen and oxygen atoms in total. The van der Waals surface area contributed by atoms with Crippen molar-refractivity contribution in [2.75, 3.05) is 5.32 Å². The number of carbonyl (C=O) groups is 1. The average Bonchev–Trinajstić information content (AvgIpc) is 2.57. The molecule has 25 heavy (non-hydrogen) atoms. The number of halogens is 1. The molecule has 126 valence electrons. The fraction of sp³-hybridized carbons (Fsp3) is 0.100. The van der Waals surface area contributed by atoms with Gasteiger partial charge in [-0.15, -0.1) is 0 Å². The van der Waals surface area contributed by atoms with E-state index in [2.05, 4.69) is 32.6 Å². The topological polar surface area (TPSA) is 41.1 Å². The minimum absolute atomic E-state index is 0.231.